The van der Waals surface area contributed by atoms with Gasteiger partial charge in [-0.15, -0.1) is 0 Å². The summed E-state index contributed by atoms with van der Waals surface area (Å²) in [4.78, 5) is 15.4. The standard InChI is InChI=1S/C28H36N2O3/c1-4-32-23-8-5-19(6-9-23)21-7-10-24-22(17-21)11-14-28(2,3)26(24)29-27(31)33-25-18-30-15-12-20(25)13-16-30/h5-10,17,20,25-26H,4,11-16,18H2,1-3H3,(H,29,31)/t25-,26+/m1/s1. The largest absolute Gasteiger partial charge is 0.494 e. The van der Waals surface area contributed by atoms with Crippen LogP contribution in [0.4, 0.5) is 4.79 Å². The SMILES string of the molecule is CCOc1ccc(-c2ccc3c(c2)CCC(C)(C)[C@H]3NC(=O)O[C@@H]2CN3CCC2CC3)cc1. The first kappa shape index (κ1) is 22.3. The van der Waals surface area contributed by atoms with E-state index in [4.69, 9.17) is 9.47 Å². The van der Waals surface area contributed by atoms with Crippen molar-refractivity contribution in [3.63, 3.8) is 0 Å². The molecule has 5 nitrogen and oxygen atoms in total. The highest BCUT2D eigenvalue weighted by Crippen LogP contribution is 2.44. The molecule has 2 bridgehead atoms. The molecule has 0 unspecified atom stereocenters. The van der Waals surface area contributed by atoms with Gasteiger partial charge < -0.3 is 14.8 Å². The van der Waals surface area contributed by atoms with Crippen molar-refractivity contribution in [2.45, 2.75) is 58.6 Å². The predicted molar refractivity (Wildman–Crippen MR) is 130 cm³/mol. The van der Waals surface area contributed by atoms with Crippen molar-refractivity contribution in [3.05, 3.63) is 53.6 Å². The van der Waals surface area contributed by atoms with Gasteiger partial charge in [0, 0.05) is 6.54 Å². The van der Waals surface area contributed by atoms with Gasteiger partial charge >= 0.3 is 6.09 Å². The average molecular weight is 449 g/mol. The van der Waals surface area contributed by atoms with E-state index in [0.717, 1.165) is 51.1 Å². The van der Waals surface area contributed by atoms with E-state index in [-0.39, 0.29) is 23.7 Å². The molecule has 2 aromatic rings. The first-order valence-electron chi connectivity index (χ1n) is 12.5. The van der Waals surface area contributed by atoms with Crippen LogP contribution in [0, 0.1) is 11.3 Å². The number of carbonyl (C=O) groups excluding carboxylic acids is 1. The zero-order valence-electron chi connectivity index (χ0n) is 20.1. The second-order valence-corrected chi connectivity index (χ2v) is 10.5. The third kappa shape index (κ3) is 4.61. The number of rotatable bonds is 5. The van der Waals surface area contributed by atoms with Gasteiger partial charge in [-0.25, -0.2) is 4.79 Å². The summed E-state index contributed by atoms with van der Waals surface area (Å²) in [7, 11) is 0. The number of hydrogen-bond acceptors (Lipinski definition) is 4. The Morgan fingerprint density at radius 3 is 2.48 bits per heavy atom. The first-order valence-corrected chi connectivity index (χ1v) is 12.5. The lowest BCUT2D eigenvalue weighted by Crippen LogP contribution is -2.53. The lowest BCUT2D eigenvalue weighted by Gasteiger charge is -2.44. The molecule has 5 heteroatoms. The number of carbonyl (C=O) groups is 1. The molecule has 3 aliphatic heterocycles. The monoisotopic (exact) mass is 448 g/mol. The molecular weight excluding hydrogens is 412 g/mol. The summed E-state index contributed by atoms with van der Waals surface area (Å²) in [6.45, 7) is 10.3. The zero-order valence-corrected chi connectivity index (χ0v) is 20.1. The maximum Gasteiger partial charge on any atom is 0.407 e. The van der Waals surface area contributed by atoms with Gasteiger partial charge in [-0.05, 0) is 91.4 Å². The Bertz CT molecular complexity index is 993. The second-order valence-electron chi connectivity index (χ2n) is 10.5. The Morgan fingerprint density at radius 2 is 1.82 bits per heavy atom. The van der Waals surface area contributed by atoms with E-state index in [1.807, 2.05) is 19.1 Å². The highest BCUT2D eigenvalue weighted by atomic mass is 16.6. The number of alkyl carbamates (subject to hydrolysis) is 1. The lowest BCUT2D eigenvalue weighted by molar-refractivity contribution is -0.0353. The lowest BCUT2D eigenvalue weighted by atomic mass is 9.70. The number of nitrogens with one attached hydrogen (secondary N) is 1. The van der Waals surface area contributed by atoms with Gasteiger partial charge in [-0.3, -0.25) is 4.90 Å². The fourth-order valence-corrected chi connectivity index (χ4v) is 5.82. The van der Waals surface area contributed by atoms with E-state index in [9.17, 15) is 4.79 Å². The minimum Gasteiger partial charge on any atom is -0.494 e. The van der Waals surface area contributed by atoms with Crippen LogP contribution in [-0.2, 0) is 11.2 Å². The van der Waals surface area contributed by atoms with Gasteiger partial charge in [0.15, 0.2) is 0 Å². The van der Waals surface area contributed by atoms with E-state index in [0.29, 0.717) is 12.5 Å². The van der Waals surface area contributed by atoms with Crippen LogP contribution < -0.4 is 10.1 Å². The fourth-order valence-electron chi connectivity index (χ4n) is 5.82. The molecule has 0 aromatic heterocycles. The van der Waals surface area contributed by atoms with Crippen LogP contribution in [-0.4, -0.2) is 43.3 Å². The summed E-state index contributed by atoms with van der Waals surface area (Å²) in [6, 6.07) is 14.9. The number of amides is 1. The van der Waals surface area contributed by atoms with Crippen LogP contribution in [0.15, 0.2) is 42.5 Å². The van der Waals surface area contributed by atoms with Crippen LogP contribution in [0.1, 0.15) is 57.2 Å². The molecule has 6 rings (SSSR count). The quantitative estimate of drug-likeness (QED) is 0.648. The third-order valence-corrected chi connectivity index (χ3v) is 7.89. The van der Waals surface area contributed by atoms with Crippen LogP contribution >= 0.6 is 0 Å². The molecule has 176 valence electrons. The fraction of sp³-hybridized carbons (Fsp3) is 0.536. The number of benzene rings is 2. The Morgan fingerprint density at radius 1 is 1.09 bits per heavy atom. The van der Waals surface area contributed by atoms with E-state index < -0.39 is 0 Å². The summed E-state index contributed by atoms with van der Waals surface area (Å²) in [5.74, 6) is 1.41. The summed E-state index contributed by atoms with van der Waals surface area (Å²) < 4.78 is 11.5. The molecule has 1 amide bonds. The van der Waals surface area contributed by atoms with Crippen LogP contribution in [0.3, 0.4) is 0 Å². The number of piperidine rings is 3. The number of fused-ring (bicyclic) bond motifs is 4. The molecule has 1 aliphatic carbocycles. The van der Waals surface area contributed by atoms with Crippen molar-refractivity contribution in [1.29, 1.82) is 0 Å². The Hall–Kier alpha value is -2.53. The minimum atomic E-state index is -0.268. The van der Waals surface area contributed by atoms with E-state index >= 15 is 0 Å². The van der Waals surface area contributed by atoms with Crippen LogP contribution in [0.5, 0.6) is 5.75 Å². The average Bonchev–Trinajstić information content (AvgIpc) is 2.82. The van der Waals surface area contributed by atoms with Crippen molar-refractivity contribution in [2.75, 3.05) is 26.2 Å². The van der Waals surface area contributed by atoms with Gasteiger partial charge in [-0.2, -0.15) is 0 Å². The van der Waals surface area contributed by atoms with Crippen LogP contribution in [0.2, 0.25) is 0 Å². The number of hydrogen-bond donors (Lipinski definition) is 1. The molecule has 0 saturated carbocycles. The van der Waals surface area contributed by atoms with Gasteiger partial charge in [0.25, 0.3) is 0 Å². The van der Waals surface area contributed by atoms with Crippen LogP contribution in [0.25, 0.3) is 11.1 Å². The Balaban J connectivity index is 1.32. The van der Waals surface area contributed by atoms with Crippen molar-refractivity contribution in [2.24, 2.45) is 11.3 Å². The number of nitrogens with zero attached hydrogens (tertiary/aromatic N) is 1. The van der Waals surface area contributed by atoms with Crippen molar-refractivity contribution < 1.29 is 14.3 Å². The molecule has 2 aromatic carbocycles. The van der Waals surface area contributed by atoms with Crippen molar-refractivity contribution in [3.8, 4) is 16.9 Å². The molecule has 3 fully saturated rings. The summed E-state index contributed by atoms with van der Waals surface area (Å²) in [5.41, 5.74) is 4.88. The zero-order chi connectivity index (χ0) is 23.0. The van der Waals surface area contributed by atoms with Gasteiger partial charge in [0.05, 0.1) is 12.6 Å². The number of aryl methyl sites for hydroxylation is 1. The predicted octanol–water partition coefficient (Wildman–Crippen LogP) is 5.59. The second kappa shape index (κ2) is 9.02. The summed E-state index contributed by atoms with van der Waals surface area (Å²) in [5, 5.41) is 3.26. The van der Waals surface area contributed by atoms with Crippen molar-refractivity contribution in [1.82, 2.24) is 10.2 Å². The molecule has 33 heavy (non-hydrogen) atoms. The van der Waals surface area contributed by atoms with Gasteiger partial charge in [0.2, 0.25) is 0 Å². The Labute approximate surface area is 197 Å². The van der Waals surface area contributed by atoms with Gasteiger partial charge in [-0.1, -0.05) is 44.2 Å². The first-order chi connectivity index (χ1) is 15.9. The van der Waals surface area contributed by atoms with E-state index in [1.54, 1.807) is 0 Å². The van der Waals surface area contributed by atoms with E-state index in [2.05, 4.69) is 54.4 Å². The highest BCUT2D eigenvalue weighted by molar-refractivity contribution is 5.70. The normalized spacial score (nSPS) is 27.5. The molecule has 1 N–H and O–H groups in total. The van der Waals surface area contributed by atoms with Crippen molar-refractivity contribution >= 4 is 6.09 Å². The molecular formula is C28H36N2O3. The minimum absolute atomic E-state index is 0.0260. The third-order valence-electron chi connectivity index (χ3n) is 7.89. The maximum atomic E-state index is 13.0. The smallest absolute Gasteiger partial charge is 0.407 e. The highest BCUT2D eigenvalue weighted by Gasteiger charge is 2.40. The molecule has 0 radical (unpaired) electrons. The topological polar surface area (TPSA) is 50.8 Å². The maximum absolute atomic E-state index is 13.0. The Kier molecular flexibility index (Phi) is 6.09. The molecule has 2 atom stereocenters. The van der Waals surface area contributed by atoms with E-state index in [1.165, 1.54) is 22.3 Å². The molecule has 3 heterocycles. The molecule has 3 saturated heterocycles. The van der Waals surface area contributed by atoms with Gasteiger partial charge in [0.1, 0.15) is 11.9 Å². The molecule has 0 spiro atoms. The summed E-state index contributed by atoms with van der Waals surface area (Å²) in [6.07, 6.45) is 4.09. The summed E-state index contributed by atoms with van der Waals surface area (Å²) >= 11 is 0. The molecule has 4 aliphatic rings. The number of ether oxygens (including phenoxy) is 2.